The number of H-pyrrole nitrogens is 1. The second kappa shape index (κ2) is 7.22. The number of rotatable bonds is 6. The van der Waals surface area contributed by atoms with Crippen molar-refractivity contribution in [2.75, 3.05) is 52.2 Å². The molecule has 3 rings (SSSR count). The molecule has 2 aromatic rings. The fourth-order valence-corrected chi connectivity index (χ4v) is 3.14. The molecule has 11 nitrogen and oxygen atoms in total. The third-order valence-corrected chi connectivity index (χ3v) is 4.49. The number of hydrogen-bond donors (Lipinski definition) is 4. The number of anilines is 2. The number of pyridine rings is 1. The maximum Gasteiger partial charge on any atom is 0.260 e. The van der Waals surface area contributed by atoms with Crippen LogP contribution in [0.4, 0.5) is 11.4 Å². The Labute approximate surface area is 171 Å². The lowest BCUT2D eigenvalue weighted by atomic mass is 9.82. The first-order chi connectivity index (χ1) is 13.8. The summed E-state index contributed by atoms with van der Waals surface area (Å²) in [5, 5.41) is 39.8. The van der Waals surface area contributed by atoms with Gasteiger partial charge >= 0.3 is 0 Å². The van der Waals surface area contributed by atoms with Crippen LogP contribution in [0.25, 0.3) is 0 Å². The van der Waals surface area contributed by atoms with Crippen LogP contribution in [0.5, 0.6) is 5.75 Å². The number of carbonyl (C=O) groups excluding carboxylic acids is 2. The molecule has 0 saturated carbocycles. The van der Waals surface area contributed by atoms with Gasteiger partial charge in [-0.15, -0.1) is 0 Å². The molecule has 0 saturated heterocycles. The number of nitrogens with zero attached hydrogens (tertiary/aromatic N) is 2. The lowest BCUT2D eigenvalue weighted by Crippen LogP contribution is -2.39. The summed E-state index contributed by atoms with van der Waals surface area (Å²) in [6, 6.07) is 3.00. The topological polar surface area (TPSA) is 157 Å². The Morgan fingerprint density at radius 3 is 1.70 bits per heavy atom. The molecule has 1 aliphatic carbocycles. The van der Waals surface area contributed by atoms with Crippen molar-refractivity contribution in [3.8, 4) is 5.75 Å². The van der Waals surface area contributed by atoms with Crippen molar-refractivity contribution in [1.82, 2.24) is 4.98 Å². The van der Waals surface area contributed by atoms with E-state index in [2.05, 4.69) is 15.6 Å². The molecule has 1 heterocycles. The molecular weight excluding hydrogens is 394 g/mol. The van der Waals surface area contributed by atoms with Crippen molar-refractivity contribution >= 4 is 22.9 Å². The lowest BCUT2D eigenvalue weighted by Gasteiger charge is -2.35. The van der Waals surface area contributed by atoms with Crippen LogP contribution in [-0.4, -0.2) is 72.5 Å². The Balaban J connectivity index is 2.22. The number of ketones is 2. The number of aromatic amines is 1. The molecule has 160 valence electrons. The van der Waals surface area contributed by atoms with Crippen molar-refractivity contribution in [3.63, 3.8) is 0 Å². The van der Waals surface area contributed by atoms with Crippen molar-refractivity contribution < 1.29 is 24.0 Å². The second-order valence-electron chi connectivity index (χ2n) is 8.14. The number of nitrogens with one attached hydrogen (secondary N) is 3. The zero-order valence-corrected chi connectivity index (χ0v) is 17.0. The fourth-order valence-electron chi connectivity index (χ4n) is 3.14. The molecule has 0 amide bonds. The Morgan fingerprint density at radius 1 is 0.833 bits per heavy atom. The highest BCUT2D eigenvalue weighted by Gasteiger charge is 2.38. The van der Waals surface area contributed by atoms with Gasteiger partial charge in [0.25, 0.3) is 5.56 Å². The number of hydroxylamine groups is 6. The van der Waals surface area contributed by atoms with Gasteiger partial charge in [-0.1, -0.05) is 0 Å². The molecule has 0 aliphatic heterocycles. The maximum absolute atomic E-state index is 13.2. The van der Waals surface area contributed by atoms with Gasteiger partial charge in [0.2, 0.25) is 11.6 Å². The smallest absolute Gasteiger partial charge is 0.260 e. The highest BCUT2D eigenvalue weighted by molar-refractivity contribution is 6.32. The SMILES string of the molecule is C[N+](C)([O-])CNc1ccc(NC[N+](C)(C)[O-])c2c1C(=O)c1c(O)c[nH]c(=O)c1C2=O. The van der Waals surface area contributed by atoms with Crippen LogP contribution in [0.2, 0.25) is 0 Å². The number of aromatic hydroxyl groups is 1. The molecule has 0 bridgehead atoms. The summed E-state index contributed by atoms with van der Waals surface area (Å²) in [5.41, 5.74) is -1.46. The first kappa shape index (κ1) is 21.5. The van der Waals surface area contributed by atoms with Gasteiger partial charge in [-0.2, -0.15) is 0 Å². The summed E-state index contributed by atoms with van der Waals surface area (Å²) in [5.74, 6) is -2.04. The van der Waals surface area contributed by atoms with Crippen LogP contribution in [0.15, 0.2) is 23.1 Å². The average Bonchev–Trinajstić information content (AvgIpc) is 2.63. The van der Waals surface area contributed by atoms with Crippen LogP contribution in [0, 0.1) is 10.4 Å². The number of quaternary nitrogens is 2. The van der Waals surface area contributed by atoms with Gasteiger partial charge in [0, 0.05) is 6.20 Å². The standard InChI is InChI=1S/C19H23N5O6/c1-23(2,29)8-21-10-5-6-11(22-9-24(3,4)30)14-13(10)17(26)15-12(25)7-20-19(28)16(15)18(14)27/h5-7,21-22,25H,8-9H2,1-4H3,(H,20,28). The van der Waals surface area contributed by atoms with E-state index in [9.17, 15) is 29.9 Å². The number of benzene rings is 1. The molecule has 1 aromatic carbocycles. The molecule has 30 heavy (non-hydrogen) atoms. The molecule has 0 unspecified atom stereocenters. The number of carbonyl (C=O) groups is 2. The third kappa shape index (κ3) is 4.04. The van der Waals surface area contributed by atoms with Crippen LogP contribution < -0.4 is 16.2 Å². The zero-order valence-electron chi connectivity index (χ0n) is 17.0. The summed E-state index contributed by atoms with van der Waals surface area (Å²) < 4.78 is -1.42. The van der Waals surface area contributed by atoms with E-state index >= 15 is 0 Å². The van der Waals surface area contributed by atoms with Gasteiger partial charge in [-0.3, -0.25) is 14.4 Å². The summed E-state index contributed by atoms with van der Waals surface area (Å²) in [4.78, 5) is 41.0. The van der Waals surface area contributed by atoms with Crippen LogP contribution in [-0.2, 0) is 0 Å². The van der Waals surface area contributed by atoms with Crippen molar-refractivity contribution in [3.05, 3.63) is 61.4 Å². The quantitative estimate of drug-likeness (QED) is 0.260. The third-order valence-electron chi connectivity index (χ3n) is 4.49. The van der Waals surface area contributed by atoms with E-state index in [1.807, 2.05) is 0 Å². The molecular formula is C19H23N5O6. The summed E-state index contributed by atoms with van der Waals surface area (Å²) in [6.45, 7) is -0.201. The van der Waals surface area contributed by atoms with Crippen molar-refractivity contribution in [2.24, 2.45) is 0 Å². The summed E-state index contributed by atoms with van der Waals surface area (Å²) >= 11 is 0. The van der Waals surface area contributed by atoms with Gasteiger partial charge in [-0.05, 0) is 12.1 Å². The van der Waals surface area contributed by atoms with Gasteiger partial charge in [-0.25, -0.2) is 0 Å². The minimum Gasteiger partial charge on any atom is -0.632 e. The minimum absolute atomic E-state index is 0.0805. The average molecular weight is 417 g/mol. The summed E-state index contributed by atoms with van der Waals surface area (Å²) in [6.07, 6.45) is 0.946. The van der Waals surface area contributed by atoms with Crippen LogP contribution in [0.3, 0.4) is 0 Å². The predicted octanol–water partition coefficient (Wildman–Crippen LogP) is 0.743. The maximum atomic E-state index is 13.2. The molecule has 0 fully saturated rings. The Kier molecular flexibility index (Phi) is 5.16. The van der Waals surface area contributed by atoms with E-state index in [-0.39, 0.29) is 35.8 Å². The Hall–Kier alpha value is -3.25. The van der Waals surface area contributed by atoms with E-state index in [0.717, 1.165) is 6.20 Å². The fraction of sp³-hybridized carbons (Fsp3) is 0.316. The van der Waals surface area contributed by atoms with Crippen LogP contribution >= 0.6 is 0 Å². The van der Waals surface area contributed by atoms with Crippen molar-refractivity contribution in [1.29, 1.82) is 0 Å². The monoisotopic (exact) mass is 417 g/mol. The van der Waals surface area contributed by atoms with Crippen molar-refractivity contribution in [2.45, 2.75) is 0 Å². The van der Waals surface area contributed by atoms with Gasteiger partial charge in [0.1, 0.15) is 11.3 Å². The van der Waals surface area contributed by atoms with Crippen LogP contribution in [0.1, 0.15) is 31.8 Å². The second-order valence-corrected chi connectivity index (χ2v) is 8.14. The van der Waals surface area contributed by atoms with E-state index in [0.29, 0.717) is 0 Å². The van der Waals surface area contributed by atoms with Gasteiger partial charge in [0.05, 0.1) is 56.3 Å². The Bertz CT molecular complexity index is 1090. The molecule has 0 spiro atoms. The predicted molar refractivity (Wildman–Crippen MR) is 110 cm³/mol. The largest absolute Gasteiger partial charge is 0.632 e. The zero-order chi connectivity index (χ0) is 22.4. The van der Waals surface area contributed by atoms with E-state index in [4.69, 9.17) is 0 Å². The first-order valence-electron chi connectivity index (χ1n) is 9.07. The van der Waals surface area contributed by atoms with E-state index in [1.54, 1.807) is 0 Å². The Morgan fingerprint density at radius 2 is 1.27 bits per heavy atom. The summed E-state index contributed by atoms with van der Waals surface area (Å²) in [7, 11) is 5.60. The minimum atomic E-state index is -0.812. The number of fused-ring (bicyclic) bond motifs is 2. The molecule has 1 aromatic heterocycles. The normalized spacial score (nSPS) is 13.7. The molecule has 0 radical (unpaired) electrons. The van der Waals surface area contributed by atoms with E-state index in [1.165, 1.54) is 40.3 Å². The molecule has 0 atom stereocenters. The highest BCUT2D eigenvalue weighted by atomic mass is 16.5. The number of aromatic nitrogens is 1. The lowest BCUT2D eigenvalue weighted by molar-refractivity contribution is -0.836. The first-order valence-corrected chi connectivity index (χ1v) is 9.07. The van der Waals surface area contributed by atoms with Gasteiger partial charge < -0.3 is 40.4 Å². The molecule has 4 N–H and O–H groups in total. The molecule has 11 heteroatoms. The van der Waals surface area contributed by atoms with Gasteiger partial charge in [0.15, 0.2) is 13.3 Å². The van der Waals surface area contributed by atoms with E-state index < -0.39 is 43.3 Å². The molecule has 1 aliphatic rings. The highest BCUT2D eigenvalue weighted by Crippen LogP contribution is 2.38. The number of hydrogen-bond acceptors (Lipinski definition) is 8.